The van der Waals surface area contributed by atoms with Crippen LogP contribution in [0, 0.1) is 6.92 Å². The van der Waals surface area contributed by atoms with E-state index in [4.69, 9.17) is 16.0 Å². The van der Waals surface area contributed by atoms with Crippen LogP contribution in [0.1, 0.15) is 34.1 Å². The molecule has 2 heterocycles. The molecule has 2 aromatic carbocycles. The molecule has 3 aromatic rings. The summed E-state index contributed by atoms with van der Waals surface area (Å²) >= 11 is 6.05. The SMILES string of the molecule is Cc1ccc2oc(C(=O)C3=C(O)C(=O)N(CCCN(C)C)C3c3ccc(Cl)cc3)cc2c1. The van der Waals surface area contributed by atoms with Gasteiger partial charge in [0, 0.05) is 17.0 Å². The number of fused-ring (bicyclic) bond motifs is 1. The third-order valence-electron chi connectivity index (χ3n) is 5.63. The van der Waals surface area contributed by atoms with Gasteiger partial charge in [-0.2, -0.15) is 0 Å². The molecule has 0 bridgehead atoms. The van der Waals surface area contributed by atoms with Gasteiger partial charge in [-0.05, 0) is 69.9 Å². The number of aliphatic hydroxyl groups is 1. The van der Waals surface area contributed by atoms with Crippen molar-refractivity contribution in [3.05, 3.63) is 81.8 Å². The molecule has 0 fully saturated rings. The summed E-state index contributed by atoms with van der Waals surface area (Å²) < 4.78 is 5.78. The van der Waals surface area contributed by atoms with Crippen LogP contribution in [-0.2, 0) is 4.79 Å². The number of carbonyl (C=O) groups is 2. The van der Waals surface area contributed by atoms with Crippen LogP contribution in [0.15, 0.2) is 64.3 Å². The van der Waals surface area contributed by atoms with Gasteiger partial charge in [0.05, 0.1) is 11.6 Å². The highest BCUT2D eigenvalue weighted by atomic mass is 35.5. The van der Waals surface area contributed by atoms with Crippen LogP contribution in [0.4, 0.5) is 0 Å². The summed E-state index contributed by atoms with van der Waals surface area (Å²) in [7, 11) is 3.91. The summed E-state index contributed by atoms with van der Waals surface area (Å²) in [5, 5.41) is 12.1. The van der Waals surface area contributed by atoms with Crippen molar-refractivity contribution in [1.29, 1.82) is 0 Å². The predicted octanol–water partition coefficient (Wildman–Crippen LogP) is 4.92. The number of rotatable bonds is 7. The lowest BCUT2D eigenvalue weighted by Gasteiger charge is -2.27. The fourth-order valence-electron chi connectivity index (χ4n) is 4.07. The maximum absolute atomic E-state index is 13.5. The van der Waals surface area contributed by atoms with Crippen molar-refractivity contribution in [2.24, 2.45) is 0 Å². The van der Waals surface area contributed by atoms with Crippen LogP contribution in [0.2, 0.25) is 5.02 Å². The molecule has 4 rings (SSSR count). The predicted molar refractivity (Wildman–Crippen MR) is 124 cm³/mol. The summed E-state index contributed by atoms with van der Waals surface area (Å²) in [6.07, 6.45) is 0.696. The second-order valence-corrected chi connectivity index (χ2v) is 8.79. The number of aliphatic hydroxyl groups excluding tert-OH is 1. The van der Waals surface area contributed by atoms with Crippen LogP contribution >= 0.6 is 11.6 Å². The van der Waals surface area contributed by atoms with E-state index < -0.39 is 23.5 Å². The van der Waals surface area contributed by atoms with Gasteiger partial charge >= 0.3 is 0 Å². The number of carbonyl (C=O) groups excluding carboxylic acids is 2. The van der Waals surface area contributed by atoms with E-state index in [-0.39, 0.29) is 11.3 Å². The van der Waals surface area contributed by atoms with Gasteiger partial charge in [-0.1, -0.05) is 35.4 Å². The number of Topliss-reactive ketones (excluding diaryl/α,β-unsaturated/α-hetero) is 1. The summed E-state index contributed by atoms with van der Waals surface area (Å²) in [5.41, 5.74) is 2.35. The summed E-state index contributed by atoms with van der Waals surface area (Å²) in [6, 6.07) is 13.5. The Kier molecular flexibility index (Phi) is 6.09. The fraction of sp³-hybridized carbons (Fsp3) is 0.280. The molecular formula is C25H25ClN2O4. The lowest BCUT2D eigenvalue weighted by molar-refractivity contribution is -0.129. The second kappa shape index (κ2) is 8.81. The Labute approximate surface area is 191 Å². The van der Waals surface area contributed by atoms with Gasteiger partial charge in [-0.15, -0.1) is 0 Å². The standard InChI is InChI=1S/C25H25ClN2O4/c1-15-5-10-19-17(13-15)14-20(32-19)23(29)21-22(16-6-8-18(26)9-7-16)28(25(31)24(21)30)12-4-11-27(2)3/h5-10,13-14,22,30H,4,11-12H2,1-3H3. The maximum Gasteiger partial charge on any atom is 0.290 e. The second-order valence-electron chi connectivity index (χ2n) is 8.35. The number of nitrogens with zero attached hydrogens (tertiary/aromatic N) is 2. The summed E-state index contributed by atoms with van der Waals surface area (Å²) in [6.45, 7) is 3.12. The van der Waals surface area contributed by atoms with Crippen molar-refractivity contribution >= 4 is 34.3 Å². The molecule has 1 atom stereocenters. The number of hydrogen-bond donors (Lipinski definition) is 1. The van der Waals surface area contributed by atoms with Crippen LogP contribution in [0.3, 0.4) is 0 Å². The van der Waals surface area contributed by atoms with Gasteiger partial charge in [0.25, 0.3) is 5.91 Å². The topological polar surface area (TPSA) is 74.0 Å². The van der Waals surface area contributed by atoms with Gasteiger partial charge in [0.2, 0.25) is 5.78 Å². The van der Waals surface area contributed by atoms with Crippen molar-refractivity contribution in [2.45, 2.75) is 19.4 Å². The highest BCUT2D eigenvalue weighted by Crippen LogP contribution is 2.40. The average Bonchev–Trinajstić information content (AvgIpc) is 3.27. The number of ketones is 1. The zero-order valence-corrected chi connectivity index (χ0v) is 19.0. The van der Waals surface area contributed by atoms with Gasteiger partial charge in [0.15, 0.2) is 11.5 Å². The van der Waals surface area contributed by atoms with E-state index in [0.29, 0.717) is 29.1 Å². The molecule has 1 unspecified atom stereocenters. The van der Waals surface area contributed by atoms with Gasteiger partial charge in [0.1, 0.15) is 5.58 Å². The monoisotopic (exact) mass is 452 g/mol. The first kappa shape index (κ1) is 22.1. The molecule has 1 aliphatic heterocycles. The first-order valence-electron chi connectivity index (χ1n) is 10.5. The number of amides is 1. The van der Waals surface area contributed by atoms with Crippen molar-refractivity contribution in [3.63, 3.8) is 0 Å². The molecular weight excluding hydrogens is 428 g/mol. The largest absolute Gasteiger partial charge is 0.503 e. The molecule has 0 spiro atoms. The van der Waals surface area contributed by atoms with Crippen LogP contribution in [0.5, 0.6) is 0 Å². The lowest BCUT2D eigenvalue weighted by Crippen LogP contribution is -2.33. The summed E-state index contributed by atoms with van der Waals surface area (Å²) in [4.78, 5) is 30.1. The van der Waals surface area contributed by atoms with Crippen LogP contribution in [0.25, 0.3) is 11.0 Å². The van der Waals surface area contributed by atoms with Gasteiger partial charge in [-0.25, -0.2) is 0 Å². The smallest absolute Gasteiger partial charge is 0.290 e. The molecule has 1 aliphatic rings. The first-order chi connectivity index (χ1) is 15.3. The molecule has 0 aliphatic carbocycles. The number of furan rings is 1. The number of aryl methyl sites for hydroxylation is 1. The zero-order valence-electron chi connectivity index (χ0n) is 18.3. The Morgan fingerprint density at radius 3 is 2.56 bits per heavy atom. The third kappa shape index (κ3) is 4.16. The number of halogens is 1. The van der Waals surface area contributed by atoms with E-state index in [1.165, 1.54) is 0 Å². The molecule has 6 nitrogen and oxygen atoms in total. The molecule has 166 valence electrons. The molecule has 1 N–H and O–H groups in total. The van der Waals surface area contributed by atoms with Crippen molar-refractivity contribution < 1.29 is 19.1 Å². The highest BCUT2D eigenvalue weighted by Gasteiger charge is 2.44. The Balaban J connectivity index is 1.74. The molecule has 0 saturated heterocycles. The summed E-state index contributed by atoms with van der Waals surface area (Å²) in [5.74, 6) is -1.50. The number of benzene rings is 2. The zero-order chi connectivity index (χ0) is 23.0. The Hall–Kier alpha value is -3.09. The number of hydrogen-bond acceptors (Lipinski definition) is 5. The van der Waals surface area contributed by atoms with Crippen molar-refractivity contribution in [3.8, 4) is 0 Å². The Bertz CT molecular complexity index is 1210. The quantitative estimate of drug-likeness (QED) is 0.515. The van der Waals surface area contributed by atoms with E-state index in [9.17, 15) is 14.7 Å². The molecule has 0 radical (unpaired) electrons. The molecule has 1 aromatic heterocycles. The van der Waals surface area contributed by atoms with E-state index in [1.807, 2.05) is 38.1 Å². The average molecular weight is 453 g/mol. The Morgan fingerprint density at radius 2 is 1.88 bits per heavy atom. The minimum Gasteiger partial charge on any atom is -0.503 e. The van der Waals surface area contributed by atoms with Crippen molar-refractivity contribution in [2.75, 3.05) is 27.2 Å². The molecule has 7 heteroatoms. The third-order valence-corrected chi connectivity index (χ3v) is 5.89. The first-order valence-corrected chi connectivity index (χ1v) is 10.8. The van der Waals surface area contributed by atoms with E-state index in [1.54, 1.807) is 41.3 Å². The van der Waals surface area contributed by atoms with E-state index in [0.717, 1.165) is 17.5 Å². The van der Waals surface area contributed by atoms with Gasteiger partial charge < -0.3 is 19.3 Å². The molecule has 0 saturated carbocycles. The molecule has 1 amide bonds. The van der Waals surface area contributed by atoms with Crippen LogP contribution in [-0.4, -0.2) is 53.8 Å². The Morgan fingerprint density at radius 1 is 1.16 bits per heavy atom. The van der Waals surface area contributed by atoms with E-state index >= 15 is 0 Å². The maximum atomic E-state index is 13.5. The lowest BCUT2D eigenvalue weighted by atomic mass is 9.95. The van der Waals surface area contributed by atoms with Gasteiger partial charge in [-0.3, -0.25) is 9.59 Å². The minimum atomic E-state index is -0.718. The minimum absolute atomic E-state index is 0.0259. The van der Waals surface area contributed by atoms with Crippen LogP contribution < -0.4 is 0 Å². The van der Waals surface area contributed by atoms with Crippen molar-refractivity contribution in [1.82, 2.24) is 9.80 Å². The normalized spacial score (nSPS) is 16.6. The molecule has 32 heavy (non-hydrogen) atoms. The van der Waals surface area contributed by atoms with E-state index in [2.05, 4.69) is 0 Å². The highest BCUT2D eigenvalue weighted by molar-refractivity contribution is 6.30. The fourth-order valence-corrected chi connectivity index (χ4v) is 4.20.